The quantitative estimate of drug-likeness (QED) is 0.660. The predicted octanol–water partition coefficient (Wildman–Crippen LogP) is 2.54. The van der Waals surface area contributed by atoms with E-state index in [0.717, 1.165) is 0 Å². The Bertz CT molecular complexity index is 993. The first-order valence-electron chi connectivity index (χ1n) is 7.77. The molecule has 3 rings (SSSR count). The smallest absolute Gasteiger partial charge is 0.258 e. The lowest BCUT2D eigenvalue weighted by molar-refractivity contribution is -0.116. The number of aryl methyl sites for hydroxylation is 1. The van der Waals surface area contributed by atoms with Crippen LogP contribution in [0.15, 0.2) is 34.4 Å². The van der Waals surface area contributed by atoms with Crippen molar-refractivity contribution in [3.63, 3.8) is 0 Å². The zero-order valence-corrected chi connectivity index (χ0v) is 14.4. The second-order valence-corrected chi connectivity index (χ2v) is 6.38. The third-order valence-electron chi connectivity index (χ3n) is 3.59. The number of para-hydroxylation sites is 1. The van der Waals surface area contributed by atoms with Crippen molar-refractivity contribution in [2.24, 2.45) is 0 Å². The Balaban J connectivity index is 1.56. The summed E-state index contributed by atoms with van der Waals surface area (Å²) < 4.78 is 0. The molecule has 7 nitrogen and oxygen atoms in total. The molecule has 0 aliphatic carbocycles. The molecular weight excluding hydrogens is 340 g/mol. The minimum Gasteiger partial charge on any atom is -0.310 e. The first-order valence-corrected chi connectivity index (χ1v) is 8.65. The molecule has 128 valence electrons. The van der Waals surface area contributed by atoms with Gasteiger partial charge in [-0.15, -0.1) is 11.3 Å². The Morgan fingerprint density at radius 1 is 1.24 bits per heavy atom. The number of benzene rings is 1. The molecule has 1 amide bonds. The third-order valence-corrected chi connectivity index (χ3v) is 4.35. The van der Waals surface area contributed by atoms with Crippen LogP contribution in [0, 0.1) is 0 Å². The molecule has 0 aliphatic heterocycles. The van der Waals surface area contributed by atoms with Crippen molar-refractivity contribution in [2.45, 2.75) is 26.2 Å². The molecule has 0 saturated heterocycles. The molecule has 25 heavy (non-hydrogen) atoms. The summed E-state index contributed by atoms with van der Waals surface area (Å²) in [6.07, 6.45) is 1.30. The lowest BCUT2D eigenvalue weighted by Gasteiger charge is -2.03. The largest absolute Gasteiger partial charge is 0.310 e. The number of carbonyl (C=O) groups excluding carboxylic acids is 2. The Labute approximate surface area is 147 Å². The Morgan fingerprint density at radius 2 is 2.04 bits per heavy atom. The van der Waals surface area contributed by atoms with Gasteiger partial charge >= 0.3 is 0 Å². The van der Waals surface area contributed by atoms with Crippen molar-refractivity contribution in [1.82, 2.24) is 15.0 Å². The molecule has 0 aliphatic rings. The highest BCUT2D eigenvalue weighted by Crippen LogP contribution is 2.16. The number of nitrogens with zero attached hydrogens (tertiary/aromatic N) is 2. The van der Waals surface area contributed by atoms with E-state index in [1.165, 1.54) is 18.3 Å². The van der Waals surface area contributed by atoms with Crippen LogP contribution in [-0.4, -0.2) is 26.6 Å². The highest BCUT2D eigenvalue weighted by atomic mass is 32.1. The molecule has 0 atom stereocenters. The fraction of sp³-hybridized carbons (Fsp3) is 0.235. The van der Waals surface area contributed by atoms with Crippen LogP contribution in [0.2, 0.25) is 0 Å². The van der Waals surface area contributed by atoms with Gasteiger partial charge in [0.1, 0.15) is 11.5 Å². The van der Waals surface area contributed by atoms with E-state index < -0.39 is 0 Å². The van der Waals surface area contributed by atoms with E-state index in [1.54, 1.807) is 23.6 Å². The van der Waals surface area contributed by atoms with Gasteiger partial charge in [-0.1, -0.05) is 12.1 Å². The molecular formula is C17H16N4O3S. The van der Waals surface area contributed by atoms with Gasteiger partial charge in [0.15, 0.2) is 10.9 Å². The van der Waals surface area contributed by atoms with Gasteiger partial charge in [0.2, 0.25) is 5.91 Å². The van der Waals surface area contributed by atoms with Gasteiger partial charge in [-0.3, -0.25) is 14.4 Å². The first-order chi connectivity index (χ1) is 12.0. The maximum absolute atomic E-state index is 12.0. The van der Waals surface area contributed by atoms with Crippen molar-refractivity contribution in [3.05, 3.63) is 51.5 Å². The summed E-state index contributed by atoms with van der Waals surface area (Å²) >= 11 is 1.22. The van der Waals surface area contributed by atoms with E-state index in [-0.39, 0.29) is 23.7 Å². The number of amides is 1. The lowest BCUT2D eigenvalue weighted by atomic mass is 10.2. The summed E-state index contributed by atoms with van der Waals surface area (Å²) in [7, 11) is 0. The molecule has 3 aromatic rings. The molecule has 2 heterocycles. The predicted molar refractivity (Wildman–Crippen MR) is 96.0 cm³/mol. The summed E-state index contributed by atoms with van der Waals surface area (Å²) in [5.74, 6) is 0.236. The molecule has 0 radical (unpaired) electrons. The maximum Gasteiger partial charge on any atom is 0.258 e. The van der Waals surface area contributed by atoms with Crippen LogP contribution in [0.3, 0.4) is 0 Å². The molecule has 0 bridgehead atoms. The number of nitrogens with one attached hydrogen (secondary N) is 2. The SMILES string of the molecule is CC(=O)c1csc(NC(=O)CCCc2nc3ccccc3c(=O)[nH]2)n1. The molecule has 1 aromatic carbocycles. The minimum atomic E-state index is -0.187. The molecule has 0 unspecified atom stereocenters. The zero-order valence-electron chi connectivity index (χ0n) is 13.5. The standard InChI is InChI=1S/C17H16N4O3S/c1-10(22)13-9-25-17(19-13)21-15(23)8-4-7-14-18-12-6-3-2-5-11(12)16(24)20-14/h2-3,5-6,9H,4,7-8H2,1H3,(H,18,20,24)(H,19,21,23). The van der Waals surface area contributed by atoms with Crippen molar-refractivity contribution in [3.8, 4) is 0 Å². The lowest BCUT2D eigenvalue weighted by Crippen LogP contribution is -2.14. The Kier molecular flexibility index (Phi) is 4.99. The van der Waals surface area contributed by atoms with E-state index in [4.69, 9.17) is 0 Å². The molecule has 0 spiro atoms. The normalized spacial score (nSPS) is 10.8. The third kappa shape index (κ3) is 4.16. The highest BCUT2D eigenvalue weighted by molar-refractivity contribution is 7.14. The van der Waals surface area contributed by atoms with Gasteiger partial charge < -0.3 is 10.3 Å². The van der Waals surface area contributed by atoms with E-state index in [2.05, 4.69) is 20.3 Å². The number of H-pyrrole nitrogens is 1. The summed E-state index contributed by atoms with van der Waals surface area (Å²) in [5, 5.41) is 5.24. The van der Waals surface area contributed by atoms with Crippen LogP contribution in [-0.2, 0) is 11.2 Å². The van der Waals surface area contributed by atoms with Crippen LogP contribution < -0.4 is 10.9 Å². The molecule has 2 N–H and O–H groups in total. The zero-order chi connectivity index (χ0) is 17.8. The number of Topliss-reactive ketones (excluding diaryl/α,β-unsaturated/α-hetero) is 1. The molecule has 2 aromatic heterocycles. The summed E-state index contributed by atoms with van der Waals surface area (Å²) in [6, 6.07) is 7.13. The van der Waals surface area contributed by atoms with Crippen molar-refractivity contribution in [2.75, 3.05) is 5.32 Å². The first kappa shape index (κ1) is 17.0. The number of ketones is 1. The second kappa shape index (κ2) is 7.35. The van der Waals surface area contributed by atoms with Crippen molar-refractivity contribution in [1.29, 1.82) is 0 Å². The number of rotatable bonds is 6. The van der Waals surface area contributed by atoms with E-state index in [1.807, 2.05) is 6.07 Å². The Morgan fingerprint density at radius 3 is 2.80 bits per heavy atom. The second-order valence-electron chi connectivity index (χ2n) is 5.53. The van der Waals surface area contributed by atoms with Crippen LogP contribution >= 0.6 is 11.3 Å². The van der Waals surface area contributed by atoms with Gasteiger partial charge in [-0.25, -0.2) is 9.97 Å². The van der Waals surface area contributed by atoms with Crippen LogP contribution in [0.1, 0.15) is 36.1 Å². The van der Waals surface area contributed by atoms with Crippen LogP contribution in [0.5, 0.6) is 0 Å². The topological polar surface area (TPSA) is 105 Å². The number of thiazole rings is 1. The van der Waals surface area contributed by atoms with Gasteiger partial charge in [0.25, 0.3) is 5.56 Å². The number of carbonyl (C=O) groups is 2. The minimum absolute atomic E-state index is 0.136. The molecule has 0 saturated carbocycles. The number of aromatic nitrogens is 3. The number of aromatic amines is 1. The summed E-state index contributed by atoms with van der Waals surface area (Å²) in [6.45, 7) is 1.43. The number of hydrogen-bond acceptors (Lipinski definition) is 6. The van der Waals surface area contributed by atoms with E-state index >= 15 is 0 Å². The fourth-order valence-corrected chi connectivity index (χ4v) is 3.11. The molecule has 8 heteroatoms. The van der Waals surface area contributed by atoms with Crippen LogP contribution in [0.4, 0.5) is 5.13 Å². The number of hydrogen-bond donors (Lipinski definition) is 2. The van der Waals surface area contributed by atoms with Gasteiger partial charge in [-0.2, -0.15) is 0 Å². The molecule has 0 fully saturated rings. The monoisotopic (exact) mass is 356 g/mol. The van der Waals surface area contributed by atoms with Crippen molar-refractivity contribution >= 4 is 39.1 Å². The van der Waals surface area contributed by atoms with Crippen LogP contribution in [0.25, 0.3) is 10.9 Å². The van der Waals surface area contributed by atoms with E-state index in [9.17, 15) is 14.4 Å². The number of fused-ring (bicyclic) bond motifs is 1. The van der Waals surface area contributed by atoms with Gasteiger partial charge in [0.05, 0.1) is 10.9 Å². The van der Waals surface area contributed by atoms with Crippen molar-refractivity contribution < 1.29 is 9.59 Å². The highest BCUT2D eigenvalue weighted by Gasteiger charge is 2.10. The summed E-state index contributed by atoms with van der Waals surface area (Å²) in [5.41, 5.74) is 0.813. The average Bonchev–Trinajstić information content (AvgIpc) is 3.03. The summed E-state index contributed by atoms with van der Waals surface area (Å²) in [4.78, 5) is 46.3. The fourth-order valence-electron chi connectivity index (χ4n) is 2.34. The van der Waals surface area contributed by atoms with Gasteiger partial charge in [-0.05, 0) is 18.6 Å². The van der Waals surface area contributed by atoms with Gasteiger partial charge in [0, 0.05) is 25.1 Å². The maximum atomic E-state index is 12.0. The Hall–Kier alpha value is -2.87. The number of anilines is 1. The van der Waals surface area contributed by atoms with E-state index in [0.29, 0.717) is 40.4 Å². The average molecular weight is 356 g/mol.